The van der Waals surface area contributed by atoms with Crippen molar-refractivity contribution in [1.29, 1.82) is 0 Å². The van der Waals surface area contributed by atoms with Gasteiger partial charge in [0.15, 0.2) is 0 Å². The van der Waals surface area contributed by atoms with Gasteiger partial charge < -0.3 is 19.9 Å². The fraction of sp³-hybridized carbons (Fsp3) is 0.0351. The van der Waals surface area contributed by atoms with Gasteiger partial charge >= 0.3 is 0 Å². The number of hydrogen-bond donors (Lipinski definition) is 4. The molecule has 0 aliphatic carbocycles. The summed E-state index contributed by atoms with van der Waals surface area (Å²) in [6, 6.07) is 47.2. The molecular formula is C57H31N11. The van der Waals surface area contributed by atoms with Gasteiger partial charge in [0.2, 0.25) is 0 Å². The highest BCUT2D eigenvalue weighted by atomic mass is 14.9. The van der Waals surface area contributed by atoms with Gasteiger partial charge in [0, 0.05) is 95.6 Å². The van der Waals surface area contributed by atoms with E-state index in [0.29, 0.717) is 27.6 Å². The molecule has 0 saturated carbocycles. The number of H-pyrrole nitrogens is 4. The summed E-state index contributed by atoms with van der Waals surface area (Å²) in [6.45, 7) is 0. The van der Waals surface area contributed by atoms with Gasteiger partial charge in [-0.15, -0.1) is 0 Å². The van der Waals surface area contributed by atoms with Crippen LogP contribution in [-0.2, 0) is 12.8 Å². The van der Waals surface area contributed by atoms with Gasteiger partial charge in [-0.1, -0.05) is 72.8 Å². The molecule has 17 rings (SSSR count). The van der Waals surface area contributed by atoms with E-state index in [1.54, 1.807) is 0 Å². The monoisotopic (exact) mass is 869 g/mol. The molecule has 0 amide bonds. The number of nitrogens with one attached hydrogen (secondary N) is 4. The van der Waals surface area contributed by atoms with Crippen LogP contribution in [0.1, 0.15) is 22.8 Å². The summed E-state index contributed by atoms with van der Waals surface area (Å²) in [6.07, 6.45) is 3.32. The number of pyridine rings is 3. The van der Waals surface area contributed by atoms with Crippen LogP contribution in [0.2, 0.25) is 0 Å². The van der Waals surface area contributed by atoms with Crippen LogP contribution in [0.15, 0.2) is 140 Å². The van der Waals surface area contributed by atoms with Crippen molar-refractivity contribution < 1.29 is 0 Å². The first-order valence-electron chi connectivity index (χ1n) is 22.9. The van der Waals surface area contributed by atoms with Crippen molar-refractivity contribution in [2.75, 3.05) is 0 Å². The molecule has 0 unspecified atom stereocenters. The lowest BCUT2D eigenvalue weighted by Gasteiger charge is -2.14. The molecule has 11 heteroatoms. The highest BCUT2D eigenvalue weighted by Gasteiger charge is 2.24. The molecule has 4 N–H and O–H groups in total. The predicted octanol–water partition coefficient (Wildman–Crippen LogP) is 12.8. The van der Waals surface area contributed by atoms with E-state index < -0.39 is 0 Å². The van der Waals surface area contributed by atoms with E-state index in [4.69, 9.17) is 34.9 Å². The molecule has 11 nitrogen and oxygen atoms in total. The zero-order valence-corrected chi connectivity index (χ0v) is 35.8. The molecule has 68 heavy (non-hydrogen) atoms. The Labute approximate surface area is 383 Å². The maximum atomic E-state index is 5.63. The van der Waals surface area contributed by atoms with Crippen molar-refractivity contribution in [3.8, 4) is 45.0 Å². The molecule has 16 bridgehead atoms. The van der Waals surface area contributed by atoms with E-state index >= 15 is 0 Å². The number of rotatable bonds is 0. The van der Waals surface area contributed by atoms with Crippen LogP contribution in [-0.4, -0.2) is 54.8 Å². The number of para-hydroxylation sites is 4. The predicted molar refractivity (Wildman–Crippen MR) is 271 cm³/mol. The minimum atomic E-state index is 0.629. The molecule has 2 aliphatic rings. The van der Waals surface area contributed by atoms with E-state index in [1.807, 2.05) is 6.20 Å². The summed E-state index contributed by atoms with van der Waals surface area (Å²) in [5, 5.41) is 7.07. The zero-order valence-electron chi connectivity index (χ0n) is 35.8. The molecule has 15 aromatic rings. The molecule has 0 radical (unpaired) electrons. The molecule has 0 saturated heterocycles. The lowest BCUT2D eigenvalue weighted by atomic mass is 10.0. The van der Waals surface area contributed by atoms with Gasteiger partial charge in [-0.05, 0) is 60.7 Å². The van der Waals surface area contributed by atoms with Crippen molar-refractivity contribution >= 4 is 109 Å². The molecule has 6 aromatic carbocycles. The Bertz CT molecular complexity index is 4220. The van der Waals surface area contributed by atoms with Crippen molar-refractivity contribution in [1.82, 2.24) is 54.8 Å². The van der Waals surface area contributed by atoms with Gasteiger partial charge in [0.25, 0.3) is 0 Å². The molecule has 0 atom stereocenters. The van der Waals surface area contributed by atoms with Crippen molar-refractivity contribution in [2.45, 2.75) is 12.8 Å². The summed E-state index contributed by atoms with van der Waals surface area (Å²) in [5.41, 5.74) is 22.2. The van der Waals surface area contributed by atoms with Crippen molar-refractivity contribution in [3.05, 3.63) is 162 Å². The minimum Gasteiger partial charge on any atom is -0.358 e. The van der Waals surface area contributed by atoms with Gasteiger partial charge in [-0.2, -0.15) is 0 Å². The summed E-state index contributed by atoms with van der Waals surface area (Å²) in [7, 11) is 0. The Morgan fingerprint density at radius 1 is 0.294 bits per heavy atom. The third-order valence-electron chi connectivity index (χ3n) is 14.5. The average molecular weight is 870 g/mol. The molecule has 9 aromatic heterocycles. The Hall–Kier alpha value is -9.35. The second-order valence-electron chi connectivity index (χ2n) is 18.5. The quantitative estimate of drug-likeness (QED) is 0.0874. The highest BCUT2D eigenvalue weighted by Crippen LogP contribution is 2.42. The molecule has 0 spiro atoms. The molecule has 0 fully saturated rings. The number of benzene rings is 6. The van der Waals surface area contributed by atoms with Crippen LogP contribution in [0.5, 0.6) is 0 Å². The minimum absolute atomic E-state index is 0.629. The summed E-state index contributed by atoms with van der Waals surface area (Å²) in [5.74, 6) is 0. The van der Waals surface area contributed by atoms with E-state index in [0.717, 1.165) is 162 Å². The smallest absolute Gasteiger partial charge is 0.119 e. The summed E-state index contributed by atoms with van der Waals surface area (Å²) >= 11 is 0. The van der Waals surface area contributed by atoms with Crippen LogP contribution >= 0.6 is 0 Å². The topological polar surface area (TPSA) is 153 Å². The summed E-state index contributed by atoms with van der Waals surface area (Å²) in [4.78, 5) is 53.5. The van der Waals surface area contributed by atoms with E-state index in [-0.39, 0.29) is 0 Å². The zero-order chi connectivity index (χ0) is 43.9. The number of fused-ring (bicyclic) bond motifs is 18. The largest absolute Gasteiger partial charge is 0.358 e. The first-order valence-corrected chi connectivity index (χ1v) is 22.9. The highest BCUT2D eigenvalue weighted by molar-refractivity contribution is 6.26. The molecule has 314 valence electrons. The van der Waals surface area contributed by atoms with Gasteiger partial charge in [-0.25, -0.2) is 34.9 Å². The standard InChI is InChI=1S/C57H31N11/c1-5-26-19-30-23-31-20-27-6-2-10-35(46(27)60-31)42-17-14-39-50(64-42)49-38(13-16-41(63-49)34(9-1)45(26)59-30)51-52(39)68-57-54(67-51)40-15-18-43-36-11-3-7-28-21-32(61-47(28)36)24-33-22-29-8-4-12-37(48(29)62-33)44-25-58-55(57)56(66-44)53(40)65-43/h1-22,25,59-62H,23-24H2. The molecular weight excluding hydrogens is 839 g/mol. The van der Waals surface area contributed by atoms with Gasteiger partial charge in [0.05, 0.1) is 73.1 Å². The number of aromatic nitrogens is 11. The van der Waals surface area contributed by atoms with Crippen LogP contribution in [0.25, 0.3) is 154 Å². The van der Waals surface area contributed by atoms with Crippen molar-refractivity contribution in [3.63, 3.8) is 0 Å². The maximum Gasteiger partial charge on any atom is 0.119 e. The number of aromatic amines is 4. The maximum absolute atomic E-state index is 5.63. The van der Waals surface area contributed by atoms with Crippen LogP contribution in [0.3, 0.4) is 0 Å². The second kappa shape index (κ2) is 12.3. The van der Waals surface area contributed by atoms with E-state index in [9.17, 15) is 0 Å². The van der Waals surface area contributed by atoms with Crippen LogP contribution in [0, 0.1) is 0 Å². The average Bonchev–Trinajstić information content (AvgIpc) is 4.19. The van der Waals surface area contributed by atoms with Crippen LogP contribution < -0.4 is 0 Å². The third kappa shape index (κ3) is 4.63. The Morgan fingerprint density at radius 2 is 0.618 bits per heavy atom. The van der Waals surface area contributed by atoms with E-state index in [2.05, 4.69) is 153 Å². The third-order valence-corrected chi connectivity index (χ3v) is 14.5. The fourth-order valence-electron chi connectivity index (χ4n) is 11.5. The number of hydrogen-bond acceptors (Lipinski definition) is 7. The Morgan fingerprint density at radius 3 is 1.04 bits per heavy atom. The first kappa shape index (κ1) is 35.0. The van der Waals surface area contributed by atoms with Crippen LogP contribution in [0.4, 0.5) is 0 Å². The normalized spacial score (nSPS) is 13.2. The molecule has 11 heterocycles. The first-order chi connectivity index (χ1) is 33.6. The van der Waals surface area contributed by atoms with Crippen molar-refractivity contribution in [2.24, 2.45) is 0 Å². The number of nitrogens with zero attached hydrogens (tertiary/aromatic N) is 7. The fourth-order valence-corrected chi connectivity index (χ4v) is 11.5. The van der Waals surface area contributed by atoms with E-state index in [1.165, 1.54) is 0 Å². The SMILES string of the molecule is c1cc2c3[nH]c(cc3c1)Cc1cc3cccc(c3[nH]1)-c1ccc3c(n1)c1nc-2ccc1c1nc2c4ccc5nc4c4nc(cnc4c2nc31)-c1cccc2cc([nH]c12)Cc1cc2cccc-5c2[nH]1. The molecule has 2 aliphatic heterocycles. The Kier molecular flexibility index (Phi) is 6.33. The van der Waals surface area contributed by atoms with Gasteiger partial charge in [0.1, 0.15) is 27.6 Å². The Balaban J connectivity index is 1.01. The lowest BCUT2D eigenvalue weighted by molar-refractivity contribution is 1.07. The van der Waals surface area contributed by atoms with Gasteiger partial charge in [-0.3, -0.25) is 0 Å². The second-order valence-corrected chi connectivity index (χ2v) is 18.5. The summed E-state index contributed by atoms with van der Waals surface area (Å²) < 4.78 is 0. The lowest BCUT2D eigenvalue weighted by Crippen LogP contribution is -2.00.